The zero-order valence-corrected chi connectivity index (χ0v) is 11.5. The summed E-state index contributed by atoms with van der Waals surface area (Å²) in [7, 11) is -0.492. The van der Waals surface area contributed by atoms with E-state index in [-0.39, 0.29) is 0 Å². The van der Waals surface area contributed by atoms with Crippen molar-refractivity contribution in [3.63, 3.8) is 0 Å². The molecule has 0 spiro atoms. The molecule has 0 saturated carbocycles. The number of hydrogen-bond acceptors (Lipinski definition) is 1. The molecule has 0 saturated heterocycles. The highest BCUT2D eigenvalue weighted by Gasteiger charge is 2.03. The van der Waals surface area contributed by atoms with Crippen molar-refractivity contribution < 1.29 is 4.43 Å². The van der Waals surface area contributed by atoms with E-state index in [4.69, 9.17) is 4.43 Å². The van der Waals surface area contributed by atoms with Gasteiger partial charge in [-0.3, -0.25) is 0 Å². The number of benzene rings is 1. The van der Waals surface area contributed by atoms with E-state index >= 15 is 0 Å². The number of aryl methyl sites for hydroxylation is 1. The fourth-order valence-corrected chi connectivity index (χ4v) is 2.50. The maximum absolute atomic E-state index is 5.56. The standard InChI is InChI=1S/C13H20OSi/c1-5-14-15-12(4)11(3)13-9-7-6-8-10(13)2/h6-9H,5,15H2,1-4H3. The van der Waals surface area contributed by atoms with Gasteiger partial charge in [-0.05, 0) is 44.4 Å². The normalized spacial score (nSPS) is 13.3. The second-order valence-electron chi connectivity index (χ2n) is 3.86. The van der Waals surface area contributed by atoms with Gasteiger partial charge in [-0.2, -0.15) is 0 Å². The quantitative estimate of drug-likeness (QED) is 0.709. The third-order valence-corrected chi connectivity index (χ3v) is 4.29. The Balaban J connectivity index is 2.92. The molecule has 82 valence electrons. The fraction of sp³-hybridized carbons (Fsp3) is 0.385. The van der Waals surface area contributed by atoms with Crippen molar-refractivity contribution in [2.75, 3.05) is 6.61 Å². The number of hydrogen-bond donors (Lipinski definition) is 0. The van der Waals surface area contributed by atoms with Crippen LogP contribution in [0, 0.1) is 6.92 Å². The minimum absolute atomic E-state index is 0.492. The highest BCUT2D eigenvalue weighted by Crippen LogP contribution is 2.20. The summed E-state index contributed by atoms with van der Waals surface area (Å²) < 4.78 is 5.56. The van der Waals surface area contributed by atoms with Crippen LogP contribution in [0.4, 0.5) is 0 Å². The Morgan fingerprint density at radius 3 is 2.53 bits per heavy atom. The molecule has 0 N–H and O–H groups in total. The lowest BCUT2D eigenvalue weighted by atomic mass is 10.0. The maximum Gasteiger partial charge on any atom is 0.188 e. The van der Waals surface area contributed by atoms with E-state index < -0.39 is 9.76 Å². The van der Waals surface area contributed by atoms with E-state index in [1.807, 2.05) is 0 Å². The van der Waals surface area contributed by atoms with E-state index in [1.165, 1.54) is 21.9 Å². The van der Waals surface area contributed by atoms with E-state index in [0.29, 0.717) is 0 Å². The van der Waals surface area contributed by atoms with Gasteiger partial charge in [-0.1, -0.05) is 29.5 Å². The molecule has 0 heterocycles. The number of allylic oxidation sites excluding steroid dienone is 2. The average Bonchev–Trinajstić information content (AvgIpc) is 2.25. The third kappa shape index (κ3) is 3.32. The average molecular weight is 220 g/mol. The van der Waals surface area contributed by atoms with Gasteiger partial charge in [0.05, 0.1) is 0 Å². The Hall–Kier alpha value is -0.863. The lowest BCUT2D eigenvalue weighted by Gasteiger charge is -2.10. The summed E-state index contributed by atoms with van der Waals surface area (Å²) in [5.74, 6) is 0. The molecule has 0 radical (unpaired) electrons. The highest BCUT2D eigenvalue weighted by atomic mass is 28.2. The van der Waals surface area contributed by atoms with Crippen molar-refractivity contribution in [1.82, 2.24) is 0 Å². The molecule has 0 fully saturated rings. The van der Waals surface area contributed by atoms with Crippen LogP contribution in [0.2, 0.25) is 0 Å². The zero-order valence-electron chi connectivity index (χ0n) is 10.1. The topological polar surface area (TPSA) is 9.23 Å². The molecule has 0 aromatic heterocycles. The Morgan fingerprint density at radius 1 is 1.27 bits per heavy atom. The summed E-state index contributed by atoms with van der Waals surface area (Å²) >= 11 is 0. The smallest absolute Gasteiger partial charge is 0.188 e. The van der Waals surface area contributed by atoms with Crippen molar-refractivity contribution in [1.29, 1.82) is 0 Å². The molecule has 1 rings (SSSR count). The molecule has 2 heteroatoms. The molecule has 1 aromatic rings. The Morgan fingerprint density at radius 2 is 1.93 bits per heavy atom. The molecular weight excluding hydrogens is 200 g/mol. The molecule has 0 amide bonds. The van der Waals surface area contributed by atoms with Crippen LogP contribution in [0.25, 0.3) is 5.57 Å². The van der Waals surface area contributed by atoms with E-state index in [2.05, 4.69) is 52.0 Å². The molecule has 15 heavy (non-hydrogen) atoms. The minimum Gasteiger partial charge on any atom is -0.419 e. The first-order valence-corrected chi connectivity index (χ1v) is 6.75. The minimum atomic E-state index is -0.492. The van der Waals surface area contributed by atoms with E-state index in [9.17, 15) is 0 Å². The van der Waals surface area contributed by atoms with Gasteiger partial charge in [-0.15, -0.1) is 0 Å². The largest absolute Gasteiger partial charge is 0.419 e. The summed E-state index contributed by atoms with van der Waals surface area (Å²) in [4.78, 5) is 0. The molecule has 0 aliphatic heterocycles. The van der Waals surface area contributed by atoms with E-state index in [1.54, 1.807) is 0 Å². The van der Waals surface area contributed by atoms with Gasteiger partial charge in [-0.25, -0.2) is 0 Å². The predicted octanol–water partition coefficient (Wildman–Crippen LogP) is 2.87. The molecule has 1 nitrogen and oxygen atoms in total. The lowest BCUT2D eigenvalue weighted by molar-refractivity contribution is 0.365. The summed E-state index contributed by atoms with van der Waals surface area (Å²) in [6.07, 6.45) is 0. The van der Waals surface area contributed by atoms with Crippen LogP contribution in [-0.4, -0.2) is 16.4 Å². The van der Waals surface area contributed by atoms with Gasteiger partial charge in [0.25, 0.3) is 0 Å². The van der Waals surface area contributed by atoms with Crippen LogP contribution in [0.3, 0.4) is 0 Å². The first kappa shape index (κ1) is 12.2. The van der Waals surface area contributed by atoms with Crippen molar-refractivity contribution in [2.24, 2.45) is 0 Å². The van der Waals surface area contributed by atoms with Crippen LogP contribution >= 0.6 is 0 Å². The molecular formula is C13H20OSi. The summed E-state index contributed by atoms with van der Waals surface area (Å²) in [5.41, 5.74) is 4.11. The van der Waals surface area contributed by atoms with Crippen LogP contribution in [0.5, 0.6) is 0 Å². The molecule has 0 atom stereocenters. The Kier molecular flexibility index (Phi) is 4.79. The second kappa shape index (κ2) is 5.88. The maximum atomic E-state index is 5.56. The van der Waals surface area contributed by atoms with Gasteiger partial charge in [0.1, 0.15) is 0 Å². The van der Waals surface area contributed by atoms with E-state index in [0.717, 1.165) is 6.61 Å². The molecule has 0 aliphatic rings. The highest BCUT2D eigenvalue weighted by molar-refractivity contribution is 6.40. The van der Waals surface area contributed by atoms with Crippen LogP contribution in [0.1, 0.15) is 31.9 Å². The molecule has 0 unspecified atom stereocenters. The van der Waals surface area contributed by atoms with Gasteiger partial charge >= 0.3 is 0 Å². The van der Waals surface area contributed by atoms with Gasteiger partial charge in [0.2, 0.25) is 0 Å². The lowest BCUT2D eigenvalue weighted by Crippen LogP contribution is -2.02. The van der Waals surface area contributed by atoms with Gasteiger partial charge in [0, 0.05) is 6.61 Å². The molecule has 0 bridgehead atoms. The Labute approximate surface area is 95.1 Å². The van der Waals surface area contributed by atoms with Crippen molar-refractivity contribution >= 4 is 15.3 Å². The third-order valence-electron chi connectivity index (χ3n) is 2.71. The Bertz CT molecular complexity index is 355. The van der Waals surface area contributed by atoms with Crippen molar-refractivity contribution in [3.05, 3.63) is 40.6 Å². The summed E-state index contributed by atoms with van der Waals surface area (Å²) in [6, 6.07) is 8.53. The summed E-state index contributed by atoms with van der Waals surface area (Å²) in [5, 5.41) is 1.45. The van der Waals surface area contributed by atoms with Crippen molar-refractivity contribution in [2.45, 2.75) is 27.7 Å². The van der Waals surface area contributed by atoms with Gasteiger partial charge in [0.15, 0.2) is 9.76 Å². The van der Waals surface area contributed by atoms with Gasteiger partial charge < -0.3 is 4.43 Å². The van der Waals surface area contributed by atoms with Crippen LogP contribution in [0.15, 0.2) is 29.5 Å². The van der Waals surface area contributed by atoms with Crippen LogP contribution < -0.4 is 0 Å². The molecule has 1 aromatic carbocycles. The van der Waals surface area contributed by atoms with Crippen molar-refractivity contribution in [3.8, 4) is 0 Å². The first-order chi connectivity index (χ1) is 7.16. The fourth-order valence-electron chi connectivity index (χ4n) is 1.59. The predicted molar refractivity (Wildman–Crippen MR) is 69.6 cm³/mol. The number of rotatable bonds is 4. The first-order valence-electron chi connectivity index (χ1n) is 5.47. The molecule has 0 aliphatic carbocycles. The van der Waals surface area contributed by atoms with Crippen LogP contribution in [-0.2, 0) is 4.43 Å². The SMILES string of the molecule is CCO[SiH2]C(C)=C(C)c1ccccc1C. The summed E-state index contributed by atoms with van der Waals surface area (Å²) in [6.45, 7) is 9.45. The zero-order chi connectivity index (χ0) is 11.3. The monoisotopic (exact) mass is 220 g/mol. The second-order valence-corrected chi connectivity index (χ2v) is 5.61.